The van der Waals surface area contributed by atoms with E-state index in [-0.39, 0.29) is 12.4 Å². The van der Waals surface area contributed by atoms with E-state index in [4.69, 9.17) is 19.6 Å². The zero-order valence-electron chi connectivity index (χ0n) is 14.8. The van der Waals surface area contributed by atoms with E-state index < -0.39 is 11.8 Å². The zero-order chi connectivity index (χ0) is 20.1. The van der Waals surface area contributed by atoms with Crippen LogP contribution in [-0.4, -0.2) is 31.7 Å². The van der Waals surface area contributed by atoms with Crippen molar-refractivity contribution < 1.29 is 23.5 Å². The summed E-state index contributed by atoms with van der Waals surface area (Å²) in [6.45, 7) is -0.256. The number of halogens is 1. The molecule has 0 aliphatic heterocycles. The Balaban J connectivity index is 1.67. The molecule has 0 bridgehead atoms. The normalized spacial score (nSPS) is 10.9. The number of rotatable bonds is 7. The Bertz CT molecular complexity index is 1060. The highest BCUT2D eigenvalue weighted by Crippen LogP contribution is 2.27. The summed E-state index contributed by atoms with van der Waals surface area (Å²) >= 11 is 3.37. The average molecular weight is 446 g/mol. The van der Waals surface area contributed by atoms with Crippen LogP contribution in [0.3, 0.4) is 0 Å². The molecule has 0 radical (unpaired) electrons. The van der Waals surface area contributed by atoms with Crippen LogP contribution in [0.2, 0.25) is 0 Å². The van der Waals surface area contributed by atoms with Gasteiger partial charge in [0, 0.05) is 9.86 Å². The van der Waals surface area contributed by atoms with Crippen LogP contribution < -0.4 is 20.6 Å². The second kappa shape index (κ2) is 8.57. The minimum absolute atomic E-state index is 0.151. The van der Waals surface area contributed by atoms with E-state index in [1.54, 1.807) is 30.3 Å². The topological polar surface area (TPSA) is 116 Å². The van der Waals surface area contributed by atoms with Crippen LogP contribution in [0.4, 0.5) is 0 Å². The fourth-order valence-electron chi connectivity index (χ4n) is 2.38. The largest absolute Gasteiger partial charge is 0.493 e. The molecule has 28 heavy (non-hydrogen) atoms. The first-order chi connectivity index (χ1) is 13.5. The summed E-state index contributed by atoms with van der Waals surface area (Å²) in [6, 6.07) is 12.0. The van der Waals surface area contributed by atoms with E-state index >= 15 is 0 Å². The number of hydrogen-bond donors (Lipinski definition) is 2. The van der Waals surface area contributed by atoms with Crippen molar-refractivity contribution in [3.05, 3.63) is 58.3 Å². The summed E-state index contributed by atoms with van der Waals surface area (Å²) in [5, 5.41) is 4.73. The minimum Gasteiger partial charge on any atom is -0.493 e. The third-order valence-corrected chi connectivity index (χ3v) is 4.13. The molecule has 1 aromatic heterocycles. The molecule has 0 spiro atoms. The number of hydrogen-bond acceptors (Lipinski definition) is 6. The summed E-state index contributed by atoms with van der Waals surface area (Å²) in [6.07, 6.45) is 1.44. The standard InChI is InChI=1S/C19H16BrN3O5/c1-26-16-6-11(2-4-15(16)27-10-18(21)24)9-22-23-19(25)17-8-12-7-13(20)3-5-14(12)28-17/h2-9H,10H2,1H3,(H2,21,24)(H,23,25). The second-order valence-corrected chi connectivity index (χ2v) is 6.57. The minimum atomic E-state index is -0.589. The van der Waals surface area contributed by atoms with Crippen molar-refractivity contribution in [1.29, 1.82) is 0 Å². The van der Waals surface area contributed by atoms with Crippen LogP contribution in [0.25, 0.3) is 11.0 Å². The molecule has 0 aliphatic carbocycles. The van der Waals surface area contributed by atoms with Gasteiger partial charge in [-0.05, 0) is 48.0 Å². The van der Waals surface area contributed by atoms with Crippen LogP contribution in [0, 0.1) is 0 Å². The third kappa shape index (κ3) is 4.68. The lowest BCUT2D eigenvalue weighted by Gasteiger charge is -2.09. The van der Waals surface area contributed by atoms with Gasteiger partial charge < -0.3 is 19.6 Å². The predicted molar refractivity (Wildman–Crippen MR) is 107 cm³/mol. The van der Waals surface area contributed by atoms with Gasteiger partial charge in [0.2, 0.25) is 0 Å². The number of nitrogens with one attached hydrogen (secondary N) is 1. The summed E-state index contributed by atoms with van der Waals surface area (Å²) in [5.74, 6) is -0.140. The van der Waals surface area contributed by atoms with Gasteiger partial charge in [0.1, 0.15) is 5.58 Å². The van der Waals surface area contributed by atoms with Crippen molar-refractivity contribution in [2.75, 3.05) is 13.7 Å². The summed E-state index contributed by atoms with van der Waals surface area (Å²) in [7, 11) is 1.47. The van der Waals surface area contributed by atoms with Gasteiger partial charge in [-0.3, -0.25) is 9.59 Å². The maximum Gasteiger partial charge on any atom is 0.307 e. The Kier molecular flexibility index (Phi) is 5.95. The van der Waals surface area contributed by atoms with Gasteiger partial charge in [-0.25, -0.2) is 5.43 Å². The molecule has 1 heterocycles. The molecule has 0 unspecified atom stereocenters. The molecule has 9 heteroatoms. The Morgan fingerprint density at radius 1 is 1.21 bits per heavy atom. The van der Waals surface area contributed by atoms with Gasteiger partial charge in [0.15, 0.2) is 23.9 Å². The zero-order valence-corrected chi connectivity index (χ0v) is 16.4. The van der Waals surface area contributed by atoms with Gasteiger partial charge >= 0.3 is 5.91 Å². The number of nitrogens with zero attached hydrogens (tertiary/aromatic N) is 1. The Morgan fingerprint density at radius 3 is 2.79 bits per heavy atom. The molecule has 2 aromatic carbocycles. The first-order valence-electron chi connectivity index (χ1n) is 8.08. The molecule has 3 rings (SSSR count). The van der Waals surface area contributed by atoms with E-state index in [9.17, 15) is 9.59 Å². The average Bonchev–Trinajstić information content (AvgIpc) is 3.09. The number of benzene rings is 2. The highest BCUT2D eigenvalue weighted by Gasteiger charge is 2.12. The maximum absolute atomic E-state index is 12.2. The Labute approximate surface area is 168 Å². The van der Waals surface area contributed by atoms with Gasteiger partial charge in [0.25, 0.3) is 5.91 Å². The van der Waals surface area contributed by atoms with Crippen LogP contribution in [0.15, 0.2) is 56.5 Å². The maximum atomic E-state index is 12.2. The fraction of sp³-hybridized carbons (Fsp3) is 0.105. The van der Waals surface area contributed by atoms with Crippen molar-refractivity contribution in [1.82, 2.24) is 5.43 Å². The Morgan fingerprint density at radius 2 is 2.04 bits per heavy atom. The van der Waals surface area contributed by atoms with Crippen molar-refractivity contribution in [3.8, 4) is 11.5 Å². The number of carbonyl (C=O) groups is 2. The highest BCUT2D eigenvalue weighted by molar-refractivity contribution is 9.10. The lowest BCUT2D eigenvalue weighted by Crippen LogP contribution is -2.20. The molecular formula is C19H16BrN3O5. The SMILES string of the molecule is COc1cc(C=NNC(=O)c2cc3cc(Br)ccc3o2)ccc1OCC(N)=O. The lowest BCUT2D eigenvalue weighted by atomic mass is 10.2. The number of ether oxygens (including phenoxy) is 2. The molecule has 0 saturated carbocycles. The quantitative estimate of drug-likeness (QED) is 0.428. The second-order valence-electron chi connectivity index (χ2n) is 5.66. The summed E-state index contributed by atoms with van der Waals surface area (Å²) in [4.78, 5) is 23.0. The van der Waals surface area contributed by atoms with Crippen LogP contribution >= 0.6 is 15.9 Å². The van der Waals surface area contributed by atoms with Crippen molar-refractivity contribution in [2.45, 2.75) is 0 Å². The number of methoxy groups -OCH3 is 1. The van der Waals surface area contributed by atoms with E-state index in [1.165, 1.54) is 13.3 Å². The van der Waals surface area contributed by atoms with E-state index in [0.29, 0.717) is 22.6 Å². The molecule has 144 valence electrons. The number of nitrogens with two attached hydrogens (primary N) is 1. The third-order valence-electron chi connectivity index (χ3n) is 3.64. The highest BCUT2D eigenvalue weighted by atomic mass is 79.9. The molecule has 3 aromatic rings. The summed E-state index contributed by atoms with van der Waals surface area (Å²) < 4.78 is 16.9. The first kappa shape index (κ1) is 19.4. The number of hydrazone groups is 1. The van der Waals surface area contributed by atoms with Crippen molar-refractivity contribution >= 4 is 44.9 Å². The van der Waals surface area contributed by atoms with Crippen LogP contribution in [0.5, 0.6) is 11.5 Å². The molecule has 0 saturated heterocycles. The van der Waals surface area contributed by atoms with Gasteiger partial charge in [0.05, 0.1) is 13.3 Å². The number of fused-ring (bicyclic) bond motifs is 1. The van der Waals surface area contributed by atoms with E-state index in [1.807, 2.05) is 12.1 Å². The molecule has 8 nitrogen and oxygen atoms in total. The molecule has 2 amide bonds. The number of carbonyl (C=O) groups excluding carboxylic acids is 2. The molecule has 0 fully saturated rings. The van der Waals surface area contributed by atoms with Crippen molar-refractivity contribution in [3.63, 3.8) is 0 Å². The van der Waals surface area contributed by atoms with Crippen molar-refractivity contribution in [2.24, 2.45) is 10.8 Å². The van der Waals surface area contributed by atoms with E-state index in [0.717, 1.165) is 9.86 Å². The number of amides is 2. The molecule has 3 N–H and O–H groups in total. The van der Waals surface area contributed by atoms with Gasteiger partial charge in [-0.2, -0.15) is 5.10 Å². The van der Waals surface area contributed by atoms with Crippen LogP contribution in [0.1, 0.15) is 16.1 Å². The van der Waals surface area contributed by atoms with Crippen LogP contribution in [-0.2, 0) is 4.79 Å². The number of primary amides is 1. The fourth-order valence-corrected chi connectivity index (χ4v) is 2.76. The van der Waals surface area contributed by atoms with Gasteiger partial charge in [-0.15, -0.1) is 0 Å². The first-order valence-corrected chi connectivity index (χ1v) is 8.87. The van der Waals surface area contributed by atoms with E-state index in [2.05, 4.69) is 26.5 Å². The predicted octanol–water partition coefficient (Wildman–Crippen LogP) is 2.83. The summed E-state index contributed by atoms with van der Waals surface area (Å²) in [5.41, 5.74) is 8.72. The lowest BCUT2D eigenvalue weighted by molar-refractivity contribution is -0.119. The number of furan rings is 1. The van der Waals surface area contributed by atoms with Gasteiger partial charge in [-0.1, -0.05) is 15.9 Å². The molecule has 0 atom stereocenters. The molecule has 0 aliphatic rings. The smallest absolute Gasteiger partial charge is 0.307 e. The monoisotopic (exact) mass is 445 g/mol. The Hall–Kier alpha value is -3.33. The molecular weight excluding hydrogens is 430 g/mol.